The average molecular weight is 265 g/mol. The molecule has 4 nitrogen and oxygen atoms in total. The second-order valence-corrected chi connectivity index (χ2v) is 3.91. The van der Waals surface area contributed by atoms with Crippen LogP contribution in [0.2, 0.25) is 0 Å². The van der Waals surface area contributed by atoms with Crippen molar-refractivity contribution in [3.05, 3.63) is 47.7 Å². The van der Waals surface area contributed by atoms with E-state index in [2.05, 4.69) is 10.3 Å². The van der Waals surface area contributed by atoms with E-state index in [0.29, 0.717) is 18.0 Å². The van der Waals surface area contributed by atoms with Gasteiger partial charge < -0.3 is 15.8 Å². The van der Waals surface area contributed by atoms with Crippen molar-refractivity contribution in [3.8, 4) is 5.75 Å². The lowest BCUT2D eigenvalue weighted by atomic mass is 10.2. The van der Waals surface area contributed by atoms with Gasteiger partial charge in [0.15, 0.2) is 11.6 Å². The highest BCUT2D eigenvalue weighted by atomic mass is 19.1. The molecule has 0 spiro atoms. The number of hydrogen-bond acceptors (Lipinski definition) is 4. The number of rotatable bonds is 4. The van der Waals surface area contributed by atoms with Crippen molar-refractivity contribution >= 4 is 11.5 Å². The van der Waals surface area contributed by atoms with E-state index in [-0.39, 0.29) is 5.82 Å². The van der Waals surface area contributed by atoms with Crippen LogP contribution in [-0.2, 0) is 6.54 Å². The minimum absolute atomic E-state index is 0.00390. The molecule has 0 amide bonds. The fraction of sp³-hybridized carbons (Fsp3) is 0.154. The van der Waals surface area contributed by atoms with Crippen molar-refractivity contribution in [2.24, 2.45) is 0 Å². The van der Waals surface area contributed by atoms with Gasteiger partial charge in [0.1, 0.15) is 11.6 Å². The van der Waals surface area contributed by atoms with Gasteiger partial charge in [-0.2, -0.15) is 0 Å². The molecular weight excluding hydrogens is 252 g/mol. The Morgan fingerprint density at radius 1 is 1.32 bits per heavy atom. The molecule has 1 aromatic heterocycles. The smallest absolute Gasteiger partial charge is 0.168 e. The summed E-state index contributed by atoms with van der Waals surface area (Å²) in [5.41, 5.74) is 7.09. The van der Waals surface area contributed by atoms with Gasteiger partial charge in [-0.05, 0) is 17.7 Å². The average Bonchev–Trinajstić information content (AvgIpc) is 2.38. The topological polar surface area (TPSA) is 60.2 Å². The van der Waals surface area contributed by atoms with Crippen LogP contribution in [0.3, 0.4) is 0 Å². The molecule has 0 aliphatic carbocycles. The van der Waals surface area contributed by atoms with Crippen molar-refractivity contribution in [1.29, 1.82) is 0 Å². The SMILES string of the molecule is COc1ccc(CNc2ncc(F)cc2F)cc1N. The molecule has 100 valence electrons. The maximum atomic E-state index is 13.3. The van der Waals surface area contributed by atoms with Crippen molar-refractivity contribution in [2.75, 3.05) is 18.2 Å². The summed E-state index contributed by atoms with van der Waals surface area (Å²) in [6, 6.07) is 6.01. The van der Waals surface area contributed by atoms with Gasteiger partial charge in [0.2, 0.25) is 0 Å². The number of methoxy groups -OCH3 is 1. The molecule has 2 rings (SSSR count). The number of nitrogens with two attached hydrogens (primary N) is 1. The number of nitrogens with zero attached hydrogens (tertiary/aromatic N) is 1. The first-order chi connectivity index (χ1) is 9.10. The van der Waals surface area contributed by atoms with Crippen LogP contribution in [0.5, 0.6) is 5.75 Å². The first-order valence-electron chi connectivity index (χ1n) is 5.57. The van der Waals surface area contributed by atoms with Crippen molar-refractivity contribution < 1.29 is 13.5 Å². The van der Waals surface area contributed by atoms with Gasteiger partial charge in [-0.15, -0.1) is 0 Å². The maximum absolute atomic E-state index is 13.3. The lowest BCUT2D eigenvalue weighted by Gasteiger charge is -2.09. The number of nitrogens with one attached hydrogen (secondary N) is 1. The fourth-order valence-electron chi connectivity index (χ4n) is 1.62. The molecule has 0 saturated heterocycles. The second-order valence-electron chi connectivity index (χ2n) is 3.91. The number of pyridine rings is 1. The summed E-state index contributed by atoms with van der Waals surface area (Å²) >= 11 is 0. The van der Waals surface area contributed by atoms with E-state index < -0.39 is 11.6 Å². The normalized spacial score (nSPS) is 10.3. The molecule has 0 unspecified atom stereocenters. The number of halogens is 2. The molecule has 0 aliphatic heterocycles. The summed E-state index contributed by atoms with van der Waals surface area (Å²) < 4.78 is 31.1. The molecule has 0 bridgehead atoms. The van der Waals surface area contributed by atoms with Crippen molar-refractivity contribution in [2.45, 2.75) is 6.54 Å². The summed E-state index contributed by atoms with van der Waals surface area (Å²) in [5.74, 6) is -0.871. The Morgan fingerprint density at radius 2 is 2.11 bits per heavy atom. The second kappa shape index (κ2) is 5.51. The fourth-order valence-corrected chi connectivity index (χ4v) is 1.62. The lowest BCUT2D eigenvalue weighted by Crippen LogP contribution is -2.04. The molecule has 19 heavy (non-hydrogen) atoms. The molecule has 0 fully saturated rings. The zero-order valence-corrected chi connectivity index (χ0v) is 10.3. The van der Waals surface area contributed by atoms with Crippen LogP contribution in [0.4, 0.5) is 20.3 Å². The number of ether oxygens (including phenoxy) is 1. The van der Waals surface area contributed by atoms with Gasteiger partial charge in [0, 0.05) is 12.6 Å². The Balaban J connectivity index is 2.08. The predicted octanol–water partition coefficient (Wildman–Crippen LogP) is 2.56. The minimum atomic E-state index is -0.735. The highest BCUT2D eigenvalue weighted by molar-refractivity contribution is 5.54. The molecule has 1 heterocycles. The van der Waals surface area contributed by atoms with E-state index in [0.717, 1.165) is 17.8 Å². The zero-order chi connectivity index (χ0) is 13.8. The molecule has 0 aliphatic rings. The number of aromatic nitrogens is 1. The third kappa shape index (κ3) is 3.09. The van der Waals surface area contributed by atoms with E-state index in [1.807, 2.05) is 0 Å². The Hall–Kier alpha value is -2.37. The number of nitrogen functional groups attached to an aromatic ring is 1. The third-order valence-electron chi connectivity index (χ3n) is 2.56. The van der Waals surface area contributed by atoms with Gasteiger partial charge in [0.25, 0.3) is 0 Å². The summed E-state index contributed by atoms with van der Waals surface area (Å²) in [6.07, 6.45) is 0.952. The van der Waals surface area contributed by atoms with Crippen LogP contribution >= 0.6 is 0 Å². The summed E-state index contributed by atoms with van der Waals surface area (Å²) in [5, 5.41) is 2.77. The van der Waals surface area contributed by atoms with Crippen LogP contribution in [0.1, 0.15) is 5.56 Å². The van der Waals surface area contributed by atoms with Gasteiger partial charge >= 0.3 is 0 Å². The van der Waals surface area contributed by atoms with E-state index >= 15 is 0 Å². The Labute approximate surface area is 109 Å². The zero-order valence-electron chi connectivity index (χ0n) is 10.3. The molecule has 1 aromatic carbocycles. The quantitative estimate of drug-likeness (QED) is 0.834. The third-order valence-corrected chi connectivity index (χ3v) is 2.56. The molecular formula is C13H13F2N3O. The molecule has 0 atom stereocenters. The number of benzene rings is 1. The highest BCUT2D eigenvalue weighted by Crippen LogP contribution is 2.22. The molecule has 2 aromatic rings. The maximum Gasteiger partial charge on any atom is 0.168 e. The van der Waals surface area contributed by atoms with E-state index in [4.69, 9.17) is 10.5 Å². The first kappa shape index (κ1) is 13.1. The molecule has 0 saturated carbocycles. The first-order valence-corrected chi connectivity index (χ1v) is 5.57. The van der Waals surface area contributed by atoms with Gasteiger partial charge in [-0.1, -0.05) is 6.07 Å². The summed E-state index contributed by atoms with van der Waals surface area (Å²) in [7, 11) is 1.53. The van der Waals surface area contributed by atoms with E-state index in [1.165, 1.54) is 7.11 Å². The Kier molecular flexibility index (Phi) is 3.79. The highest BCUT2D eigenvalue weighted by Gasteiger charge is 2.06. The number of hydrogen-bond donors (Lipinski definition) is 2. The molecule has 3 N–H and O–H groups in total. The van der Waals surface area contributed by atoms with Gasteiger partial charge in [0.05, 0.1) is 19.0 Å². The van der Waals surface area contributed by atoms with Crippen LogP contribution in [0.15, 0.2) is 30.5 Å². The van der Waals surface area contributed by atoms with Crippen LogP contribution in [0, 0.1) is 11.6 Å². The Morgan fingerprint density at radius 3 is 2.74 bits per heavy atom. The van der Waals surface area contributed by atoms with Crippen LogP contribution in [0.25, 0.3) is 0 Å². The number of anilines is 2. The lowest BCUT2D eigenvalue weighted by molar-refractivity contribution is 0.417. The predicted molar refractivity (Wildman–Crippen MR) is 68.9 cm³/mol. The van der Waals surface area contributed by atoms with E-state index in [9.17, 15) is 8.78 Å². The standard InChI is InChI=1S/C13H13F2N3O/c1-19-12-3-2-8(4-11(12)16)6-17-13-10(15)5-9(14)7-18-13/h2-5,7H,6,16H2,1H3,(H,17,18). The summed E-state index contributed by atoms with van der Waals surface area (Å²) in [4.78, 5) is 3.63. The van der Waals surface area contributed by atoms with Crippen LogP contribution in [-0.4, -0.2) is 12.1 Å². The van der Waals surface area contributed by atoms with E-state index in [1.54, 1.807) is 18.2 Å². The van der Waals surface area contributed by atoms with Gasteiger partial charge in [-0.3, -0.25) is 0 Å². The van der Waals surface area contributed by atoms with Crippen molar-refractivity contribution in [1.82, 2.24) is 4.98 Å². The molecule has 6 heteroatoms. The van der Waals surface area contributed by atoms with Crippen LogP contribution < -0.4 is 15.8 Å². The largest absolute Gasteiger partial charge is 0.495 e. The summed E-state index contributed by atoms with van der Waals surface area (Å²) in [6.45, 7) is 0.323. The minimum Gasteiger partial charge on any atom is -0.495 e. The monoisotopic (exact) mass is 265 g/mol. The Bertz CT molecular complexity index is 590. The molecule has 0 radical (unpaired) electrons. The van der Waals surface area contributed by atoms with Crippen molar-refractivity contribution in [3.63, 3.8) is 0 Å². The van der Waals surface area contributed by atoms with Gasteiger partial charge in [-0.25, -0.2) is 13.8 Å².